The molecule has 0 spiro atoms. The summed E-state index contributed by atoms with van der Waals surface area (Å²) in [5.41, 5.74) is 1.13. The Hall–Kier alpha value is -1.02. The van der Waals surface area contributed by atoms with Gasteiger partial charge in [-0.05, 0) is 29.5 Å². The van der Waals surface area contributed by atoms with E-state index in [1.165, 1.54) is 7.11 Å². The van der Waals surface area contributed by atoms with Gasteiger partial charge >= 0.3 is 5.97 Å². The van der Waals surface area contributed by atoms with Crippen molar-refractivity contribution < 1.29 is 9.53 Å². The highest BCUT2D eigenvalue weighted by Crippen LogP contribution is 2.29. The van der Waals surface area contributed by atoms with E-state index in [2.05, 4.69) is 13.8 Å². The Kier molecular flexibility index (Phi) is 4.81. The van der Waals surface area contributed by atoms with Crippen LogP contribution in [-0.4, -0.2) is 13.1 Å². The average molecular weight is 241 g/mol. The zero-order valence-corrected chi connectivity index (χ0v) is 10.6. The molecule has 1 atom stereocenters. The van der Waals surface area contributed by atoms with E-state index in [1.54, 1.807) is 0 Å². The second-order valence-corrected chi connectivity index (χ2v) is 4.62. The molecule has 0 saturated heterocycles. The minimum Gasteiger partial charge on any atom is -0.469 e. The number of methoxy groups -OCH3 is 1. The first-order valence-electron chi connectivity index (χ1n) is 5.37. The zero-order chi connectivity index (χ0) is 12.1. The summed E-state index contributed by atoms with van der Waals surface area (Å²) < 4.78 is 4.71. The molecule has 2 nitrogen and oxygen atoms in total. The Balaban J connectivity index is 2.85. The van der Waals surface area contributed by atoms with Crippen molar-refractivity contribution in [1.29, 1.82) is 0 Å². The van der Waals surface area contributed by atoms with Crippen LogP contribution in [0.2, 0.25) is 5.02 Å². The van der Waals surface area contributed by atoms with Crippen molar-refractivity contribution in [3.8, 4) is 0 Å². The smallest absolute Gasteiger partial charge is 0.306 e. The third kappa shape index (κ3) is 3.53. The number of esters is 1. The van der Waals surface area contributed by atoms with E-state index in [4.69, 9.17) is 16.3 Å². The molecule has 0 saturated carbocycles. The van der Waals surface area contributed by atoms with Crippen LogP contribution in [0.4, 0.5) is 0 Å². The molecule has 88 valence electrons. The topological polar surface area (TPSA) is 26.3 Å². The van der Waals surface area contributed by atoms with Crippen LogP contribution in [0.25, 0.3) is 0 Å². The molecule has 3 heteroatoms. The molecule has 1 aromatic carbocycles. The Labute approximate surface area is 102 Å². The number of carbonyl (C=O) groups excluding carboxylic acids is 1. The molecule has 16 heavy (non-hydrogen) atoms. The van der Waals surface area contributed by atoms with E-state index in [-0.39, 0.29) is 11.9 Å². The number of hydrogen-bond acceptors (Lipinski definition) is 2. The Morgan fingerprint density at radius 3 is 2.31 bits per heavy atom. The zero-order valence-electron chi connectivity index (χ0n) is 9.87. The molecule has 0 radical (unpaired) electrons. The van der Waals surface area contributed by atoms with E-state index < -0.39 is 0 Å². The number of halogens is 1. The van der Waals surface area contributed by atoms with Crippen molar-refractivity contribution >= 4 is 17.6 Å². The van der Waals surface area contributed by atoms with Gasteiger partial charge in [0, 0.05) is 5.02 Å². The summed E-state index contributed by atoms with van der Waals surface area (Å²) in [5, 5.41) is 0.712. The van der Waals surface area contributed by atoms with Gasteiger partial charge in [-0.15, -0.1) is 0 Å². The molecule has 0 fully saturated rings. The first kappa shape index (κ1) is 13.0. The molecule has 1 unspecified atom stereocenters. The van der Waals surface area contributed by atoms with Crippen LogP contribution < -0.4 is 0 Å². The summed E-state index contributed by atoms with van der Waals surface area (Å²) >= 11 is 5.84. The van der Waals surface area contributed by atoms with Crippen LogP contribution in [0, 0.1) is 5.92 Å². The minimum atomic E-state index is -0.173. The highest BCUT2D eigenvalue weighted by Gasteiger charge is 2.19. The fourth-order valence-corrected chi connectivity index (χ4v) is 1.84. The third-order valence-electron chi connectivity index (χ3n) is 2.72. The predicted octanol–water partition coefficient (Wildman–Crippen LogP) is 3.64. The van der Waals surface area contributed by atoms with Gasteiger partial charge in [0.25, 0.3) is 0 Å². The van der Waals surface area contributed by atoms with E-state index >= 15 is 0 Å². The molecule has 0 bridgehead atoms. The lowest BCUT2D eigenvalue weighted by Gasteiger charge is -2.20. The first-order chi connectivity index (χ1) is 7.54. The highest BCUT2D eigenvalue weighted by atomic mass is 35.5. The van der Waals surface area contributed by atoms with Gasteiger partial charge in [-0.1, -0.05) is 37.6 Å². The van der Waals surface area contributed by atoms with Gasteiger partial charge < -0.3 is 4.74 Å². The minimum absolute atomic E-state index is 0.173. The number of ether oxygens (including phenoxy) is 1. The third-order valence-corrected chi connectivity index (χ3v) is 2.97. The van der Waals surface area contributed by atoms with Gasteiger partial charge in [0.1, 0.15) is 0 Å². The van der Waals surface area contributed by atoms with E-state index in [0.717, 1.165) is 5.56 Å². The average Bonchev–Trinajstić information content (AvgIpc) is 2.26. The SMILES string of the molecule is COC(=O)CC(c1ccc(Cl)cc1)C(C)C. The van der Waals surface area contributed by atoms with Crippen molar-refractivity contribution in [3.05, 3.63) is 34.9 Å². The highest BCUT2D eigenvalue weighted by molar-refractivity contribution is 6.30. The fourth-order valence-electron chi connectivity index (χ4n) is 1.71. The molecule has 0 N–H and O–H groups in total. The van der Waals surface area contributed by atoms with Gasteiger partial charge in [-0.3, -0.25) is 4.79 Å². The van der Waals surface area contributed by atoms with Gasteiger partial charge in [-0.25, -0.2) is 0 Å². The summed E-state index contributed by atoms with van der Waals surface area (Å²) in [7, 11) is 1.42. The van der Waals surface area contributed by atoms with E-state index in [0.29, 0.717) is 17.4 Å². The van der Waals surface area contributed by atoms with Crippen LogP contribution >= 0.6 is 11.6 Å². The lowest BCUT2D eigenvalue weighted by Crippen LogP contribution is -2.13. The molecule has 0 aliphatic rings. The summed E-state index contributed by atoms with van der Waals surface area (Å²) in [5.74, 6) is 0.402. The maximum absolute atomic E-state index is 11.3. The molecular weight excluding hydrogens is 224 g/mol. The summed E-state index contributed by atoms with van der Waals surface area (Å²) in [6.45, 7) is 4.20. The lowest BCUT2D eigenvalue weighted by molar-refractivity contribution is -0.141. The summed E-state index contributed by atoms with van der Waals surface area (Å²) in [6, 6.07) is 7.64. The molecule has 1 rings (SSSR count). The molecule has 0 aromatic heterocycles. The van der Waals surface area contributed by atoms with Gasteiger partial charge in [-0.2, -0.15) is 0 Å². The number of hydrogen-bond donors (Lipinski definition) is 0. The lowest BCUT2D eigenvalue weighted by atomic mass is 9.86. The summed E-state index contributed by atoms with van der Waals surface area (Å²) in [6.07, 6.45) is 0.412. The summed E-state index contributed by atoms with van der Waals surface area (Å²) in [4.78, 5) is 11.3. The number of benzene rings is 1. The van der Waals surface area contributed by atoms with Gasteiger partial charge in [0.15, 0.2) is 0 Å². The first-order valence-corrected chi connectivity index (χ1v) is 5.74. The maximum atomic E-state index is 11.3. The second kappa shape index (κ2) is 5.90. The maximum Gasteiger partial charge on any atom is 0.306 e. The number of rotatable bonds is 4. The Morgan fingerprint density at radius 1 is 1.31 bits per heavy atom. The van der Waals surface area contributed by atoms with Crippen LogP contribution in [0.15, 0.2) is 24.3 Å². The van der Waals surface area contributed by atoms with Crippen LogP contribution in [0.3, 0.4) is 0 Å². The monoisotopic (exact) mass is 240 g/mol. The largest absolute Gasteiger partial charge is 0.469 e. The van der Waals surface area contributed by atoms with Crippen molar-refractivity contribution in [1.82, 2.24) is 0 Å². The normalized spacial score (nSPS) is 12.6. The number of carbonyl (C=O) groups is 1. The van der Waals surface area contributed by atoms with E-state index in [1.807, 2.05) is 24.3 Å². The van der Waals surface area contributed by atoms with Crippen LogP contribution in [0.5, 0.6) is 0 Å². The van der Waals surface area contributed by atoms with Crippen LogP contribution in [0.1, 0.15) is 31.7 Å². The van der Waals surface area contributed by atoms with Crippen molar-refractivity contribution in [2.45, 2.75) is 26.2 Å². The van der Waals surface area contributed by atoms with Crippen molar-refractivity contribution in [3.63, 3.8) is 0 Å². The standard InChI is InChI=1S/C13H17ClO2/c1-9(2)12(8-13(15)16-3)10-4-6-11(14)7-5-10/h4-7,9,12H,8H2,1-3H3. The van der Waals surface area contributed by atoms with Crippen molar-refractivity contribution in [2.75, 3.05) is 7.11 Å². The fraction of sp³-hybridized carbons (Fsp3) is 0.462. The Bertz CT molecular complexity index is 343. The Morgan fingerprint density at radius 2 is 1.88 bits per heavy atom. The van der Waals surface area contributed by atoms with Gasteiger partial charge in [0.2, 0.25) is 0 Å². The van der Waals surface area contributed by atoms with Crippen LogP contribution in [-0.2, 0) is 9.53 Å². The quantitative estimate of drug-likeness (QED) is 0.751. The predicted molar refractivity (Wildman–Crippen MR) is 65.7 cm³/mol. The molecule has 0 aliphatic carbocycles. The van der Waals surface area contributed by atoms with E-state index in [9.17, 15) is 4.79 Å². The molecular formula is C13H17ClO2. The second-order valence-electron chi connectivity index (χ2n) is 4.18. The van der Waals surface area contributed by atoms with Gasteiger partial charge in [0.05, 0.1) is 13.5 Å². The molecule has 0 aliphatic heterocycles. The molecule has 0 amide bonds. The molecule has 1 aromatic rings. The van der Waals surface area contributed by atoms with Crippen molar-refractivity contribution in [2.24, 2.45) is 5.92 Å². The molecule has 0 heterocycles.